The molecule has 1 aliphatic heterocycles. The number of nitrogens with zero attached hydrogens (tertiary/aromatic N) is 3. The average molecular weight is 491 g/mol. The Bertz CT molecular complexity index is 833. The summed E-state index contributed by atoms with van der Waals surface area (Å²) in [7, 11) is 3.83. The van der Waals surface area contributed by atoms with Crippen molar-refractivity contribution in [2.75, 3.05) is 33.7 Å². The highest BCUT2D eigenvalue weighted by atomic mass is 35.5. The second-order valence-electron chi connectivity index (χ2n) is 9.89. The second-order valence-corrected chi connectivity index (χ2v) is 10.3. The molecule has 1 unspecified atom stereocenters. The summed E-state index contributed by atoms with van der Waals surface area (Å²) < 4.78 is 0. The Morgan fingerprint density at radius 2 is 1.71 bits per heavy atom. The van der Waals surface area contributed by atoms with Crippen molar-refractivity contribution in [1.29, 1.82) is 0 Å². The minimum atomic E-state index is -0.636. The molecule has 3 amide bonds. The van der Waals surface area contributed by atoms with Gasteiger partial charge < -0.3 is 20.0 Å². The predicted octanol–water partition coefficient (Wildman–Crippen LogP) is 3.10. The third-order valence-corrected chi connectivity index (χ3v) is 7.06. The molecule has 2 fully saturated rings. The summed E-state index contributed by atoms with van der Waals surface area (Å²) in [6.07, 6.45) is 6.58. The molecule has 0 aromatic heterocycles. The van der Waals surface area contributed by atoms with Crippen molar-refractivity contribution in [2.24, 2.45) is 0 Å². The summed E-state index contributed by atoms with van der Waals surface area (Å²) in [5.41, 5.74) is 0.943. The summed E-state index contributed by atoms with van der Waals surface area (Å²) in [6, 6.07) is 7.11. The van der Waals surface area contributed by atoms with E-state index in [9.17, 15) is 14.4 Å². The highest BCUT2D eigenvalue weighted by molar-refractivity contribution is 6.30. The fourth-order valence-corrected chi connectivity index (χ4v) is 5.04. The first-order valence-corrected chi connectivity index (χ1v) is 12.9. The molecule has 1 N–H and O–H groups in total. The van der Waals surface area contributed by atoms with Crippen LogP contribution >= 0.6 is 11.6 Å². The van der Waals surface area contributed by atoms with Gasteiger partial charge >= 0.3 is 0 Å². The Morgan fingerprint density at radius 3 is 2.29 bits per heavy atom. The van der Waals surface area contributed by atoms with E-state index in [1.54, 1.807) is 17.0 Å². The van der Waals surface area contributed by atoms with Crippen molar-refractivity contribution in [2.45, 2.75) is 76.4 Å². The maximum atomic E-state index is 13.4. The maximum Gasteiger partial charge on any atom is 0.245 e. The van der Waals surface area contributed by atoms with Crippen LogP contribution in [0.1, 0.15) is 57.4 Å². The van der Waals surface area contributed by atoms with Gasteiger partial charge in [-0.05, 0) is 51.1 Å². The summed E-state index contributed by atoms with van der Waals surface area (Å²) in [4.78, 5) is 44.7. The fraction of sp³-hybridized carbons (Fsp3) is 0.654. The van der Waals surface area contributed by atoms with Gasteiger partial charge in [-0.1, -0.05) is 43.5 Å². The molecular weight excluding hydrogens is 452 g/mol. The van der Waals surface area contributed by atoms with Crippen LogP contribution in [-0.2, 0) is 20.8 Å². The Labute approximate surface area is 208 Å². The number of carbonyl (C=O) groups is 3. The normalized spacial score (nSPS) is 17.5. The molecule has 7 nitrogen and oxygen atoms in total. The zero-order valence-corrected chi connectivity index (χ0v) is 21.5. The van der Waals surface area contributed by atoms with Crippen LogP contribution in [-0.4, -0.2) is 84.3 Å². The number of likely N-dealkylation sites (tertiary alicyclic amines) is 1. The summed E-state index contributed by atoms with van der Waals surface area (Å²) in [5.74, 6) is -0.0105. The largest absolute Gasteiger partial charge is 0.344 e. The first-order valence-electron chi connectivity index (χ1n) is 12.6. The summed E-state index contributed by atoms with van der Waals surface area (Å²) in [6.45, 7) is 3.72. The molecule has 1 aromatic rings. The van der Waals surface area contributed by atoms with Crippen molar-refractivity contribution in [1.82, 2.24) is 20.0 Å². The van der Waals surface area contributed by atoms with E-state index in [1.807, 2.05) is 38.1 Å². The number of halogens is 1. The molecule has 1 aromatic carbocycles. The third kappa shape index (κ3) is 7.19. The van der Waals surface area contributed by atoms with E-state index < -0.39 is 6.04 Å². The minimum absolute atomic E-state index is 0.0757. The first kappa shape index (κ1) is 26.5. The van der Waals surface area contributed by atoms with Gasteiger partial charge in [-0.15, -0.1) is 0 Å². The van der Waals surface area contributed by atoms with Crippen molar-refractivity contribution >= 4 is 29.3 Å². The van der Waals surface area contributed by atoms with E-state index >= 15 is 0 Å². The van der Waals surface area contributed by atoms with Crippen LogP contribution in [0.5, 0.6) is 0 Å². The Morgan fingerprint density at radius 1 is 1.06 bits per heavy atom. The third-order valence-electron chi connectivity index (χ3n) is 6.81. The van der Waals surface area contributed by atoms with E-state index in [-0.39, 0.29) is 23.8 Å². The number of benzene rings is 1. The highest BCUT2D eigenvalue weighted by Gasteiger charge is 2.42. The number of hydrogen-bond donors (Lipinski definition) is 1. The molecule has 1 aliphatic carbocycles. The number of hydrogen-bond acceptors (Lipinski definition) is 4. The molecule has 34 heavy (non-hydrogen) atoms. The van der Waals surface area contributed by atoms with Crippen LogP contribution in [0.4, 0.5) is 0 Å². The zero-order valence-electron chi connectivity index (χ0n) is 20.8. The fourth-order valence-electron chi connectivity index (χ4n) is 4.91. The molecule has 2 aliphatic rings. The molecule has 188 valence electrons. The molecule has 0 bridgehead atoms. The zero-order chi connectivity index (χ0) is 24.7. The van der Waals surface area contributed by atoms with Gasteiger partial charge in [0.25, 0.3) is 0 Å². The second kappa shape index (κ2) is 12.5. The van der Waals surface area contributed by atoms with Crippen molar-refractivity contribution < 1.29 is 14.4 Å². The van der Waals surface area contributed by atoms with E-state index in [4.69, 9.17) is 11.6 Å². The lowest BCUT2D eigenvalue weighted by Gasteiger charge is -2.48. The van der Waals surface area contributed by atoms with Crippen molar-refractivity contribution in [3.8, 4) is 0 Å². The number of carbonyl (C=O) groups excluding carboxylic acids is 3. The molecule has 0 spiro atoms. The molecule has 1 atom stereocenters. The van der Waals surface area contributed by atoms with Gasteiger partial charge in [0, 0.05) is 50.0 Å². The van der Waals surface area contributed by atoms with Crippen LogP contribution in [0, 0.1) is 0 Å². The van der Waals surface area contributed by atoms with Crippen LogP contribution in [0.3, 0.4) is 0 Å². The quantitative estimate of drug-likeness (QED) is 0.517. The molecule has 0 radical (unpaired) electrons. The summed E-state index contributed by atoms with van der Waals surface area (Å²) >= 11 is 6.01. The number of nitrogens with one attached hydrogen (secondary N) is 1. The van der Waals surface area contributed by atoms with Crippen molar-refractivity contribution in [3.05, 3.63) is 34.9 Å². The SMILES string of the molecule is CCCC(=O)N(C1CCCC1)C1CN(C(=O)C(Cc2ccc(Cl)cc2)NC(=O)CCN(C)C)C1. The minimum Gasteiger partial charge on any atom is -0.344 e. The van der Waals surface area contributed by atoms with E-state index in [1.165, 1.54) is 0 Å². The molecule has 1 heterocycles. The highest BCUT2D eigenvalue weighted by Crippen LogP contribution is 2.29. The van der Waals surface area contributed by atoms with Crippen LogP contribution in [0.2, 0.25) is 5.02 Å². The van der Waals surface area contributed by atoms with Crippen LogP contribution < -0.4 is 5.32 Å². The van der Waals surface area contributed by atoms with Gasteiger partial charge in [-0.2, -0.15) is 0 Å². The lowest BCUT2D eigenvalue weighted by Crippen LogP contribution is -2.66. The first-order chi connectivity index (χ1) is 16.3. The molecule has 3 rings (SSSR count). The lowest BCUT2D eigenvalue weighted by atomic mass is 9.98. The Balaban J connectivity index is 1.66. The Hall–Kier alpha value is -2.12. The predicted molar refractivity (Wildman–Crippen MR) is 135 cm³/mol. The van der Waals surface area contributed by atoms with Gasteiger partial charge in [0.15, 0.2) is 0 Å². The molecule has 1 saturated heterocycles. The van der Waals surface area contributed by atoms with Crippen LogP contribution in [0.15, 0.2) is 24.3 Å². The van der Waals surface area contributed by atoms with Gasteiger partial charge in [-0.3, -0.25) is 14.4 Å². The standard InChI is InChI=1S/C26H39ClN4O3/c1-4-7-25(33)31(21-8-5-6-9-21)22-17-30(18-22)26(34)23(28-24(32)14-15-29(2)3)16-19-10-12-20(27)13-11-19/h10-13,21-23H,4-9,14-18H2,1-3H3,(H,28,32). The van der Waals surface area contributed by atoms with Gasteiger partial charge in [0.2, 0.25) is 17.7 Å². The van der Waals surface area contributed by atoms with Gasteiger partial charge in [0.05, 0.1) is 6.04 Å². The van der Waals surface area contributed by atoms with Crippen molar-refractivity contribution in [3.63, 3.8) is 0 Å². The van der Waals surface area contributed by atoms with E-state index in [0.717, 1.165) is 37.7 Å². The van der Waals surface area contributed by atoms with Crippen LogP contribution in [0.25, 0.3) is 0 Å². The van der Waals surface area contributed by atoms with Gasteiger partial charge in [-0.25, -0.2) is 0 Å². The molecule has 8 heteroatoms. The number of rotatable bonds is 11. The topological polar surface area (TPSA) is 73.0 Å². The average Bonchev–Trinajstić information content (AvgIpc) is 3.29. The summed E-state index contributed by atoms with van der Waals surface area (Å²) in [5, 5.41) is 3.59. The smallest absolute Gasteiger partial charge is 0.245 e. The lowest BCUT2D eigenvalue weighted by molar-refractivity contribution is -0.151. The van der Waals surface area contributed by atoms with E-state index in [2.05, 4.69) is 10.2 Å². The molecule has 1 saturated carbocycles. The molecular formula is C26H39ClN4O3. The number of amides is 3. The maximum absolute atomic E-state index is 13.4. The van der Waals surface area contributed by atoms with Gasteiger partial charge in [0.1, 0.15) is 6.04 Å². The van der Waals surface area contributed by atoms with E-state index in [0.29, 0.717) is 50.0 Å². The monoisotopic (exact) mass is 490 g/mol. The Kier molecular flexibility index (Phi) is 9.77.